The Bertz CT molecular complexity index is 1230. The Morgan fingerprint density at radius 3 is 2.80 bits per heavy atom. The van der Waals surface area contributed by atoms with Crippen molar-refractivity contribution >= 4 is 48.1 Å². The quantitative estimate of drug-likeness (QED) is 0.502. The molecule has 30 heavy (non-hydrogen) atoms. The first-order chi connectivity index (χ1) is 14.0. The summed E-state index contributed by atoms with van der Waals surface area (Å²) in [5, 5.41) is 18.5. The summed E-state index contributed by atoms with van der Waals surface area (Å²) in [6, 6.07) is -0.119. The standard InChI is InChI=1S/C17H20N4O6S3/c1-29(24,25)18-5-9-6-28-17-14(9)30(26,27)21-15(20-17)11-13(22)10-7-2-3-8(4-7)12(10)19-16(11)23/h6-8,10,12,18,22H,2-5H2,1H3,(H,19,23)(H,20,21)/t7?,8?,10-,12+/m1/s1. The van der Waals surface area contributed by atoms with Crippen molar-refractivity contribution < 1.29 is 26.7 Å². The van der Waals surface area contributed by atoms with Gasteiger partial charge in [-0.25, -0.2) is 13.1 Å². The fourth-order valence-corrected chi connectivity index (χ4v) is 8.14. The normalized spacial score (nSPS) is 31.6. The third kappa shape index (κ3) is 3.06. The van der Waals surface area contributed by atoms with Crippen LogP contribution in [-0.2, 0) is 31.4 Å². The van der Waals surface area contributed by atoms with Crippen LogP contribution in [0.25, 0.3) is 0 Å². The highest BCUT2D eigenvalue weighted by Crippen LogP contribution is 2.52. The highest BCUT2D eigenvalue weighted by atomic mass is 32.2. The van der Waals surface area contributed by atoms with Crippen molar-refractivity contribution in [2.75, 3.05) is 11.6 Å². The number of thiophene rings is 1. The van der Waals surface area contributed by atoms with Gasteiger partial charge in [0, 0.05) is 24.1 Å². The monoisotopic (exact) mass is 472 g/mol. The van der Waals surface area contributed by atoms with Crippen LogP contribution in [0.3, 0.4) is 0 Å². The van der Waals surface area contributed by atoms with Crippen molar-refractivity contribution in [3.63, 3.8) is 0 Å². The van der Waals surface area contributed by atoms with E-state index in [0.29, 0.717) is 5.92 Å². The molecule has 2 fully saturated rings. The van der Waals surface area contributed by atoms with E-state index in [1.165, 1.54) is 5.38 Å². The van der Waals surface area contributed by atoms with E-state index in [1.54, 1.807) is 0 Å². The number of fused-ring (bicyclic) bond motifs is 6. The second kappa shape index (κ2) is 6.52. The molecule has 0 saturated heterocycles. The van der Waals surface area contributed by atoms with Crippen LogP contribution < -0.4 is 15.4 Å². The Morgan fingerprint density at radius 2 is 2.07 bits per heavy atom. The Kier molecular flexibility index (Phi) is 4.34. The summed E-state index contributed by atoms with van der Waals surface area (Å²) < 4.78 is 54.5. The molecule has 162 valence electrons. The number of aliphatic hydroxyl groups excluding tert-OH is 1. The molecule has 4 atom stereocenters. The van der Waals surface area contributed by atoms with E-state index in [9.17, 15) is 26.7 Å². The lowest BCUT2D eigenvalue weighted by Gasteiger charge is -2.36. The maximum absolute atomic E-state index is 12.9. The fourth-order valence-electron chi connectivity index (χ4n) is 5.11. The third-order valence-corrected chi connectivity index (χ3v) is 9.44. The zero-order valence-electron chi connectivity index (χ0n) is 15.9. The van der Waals surface area contributed by atoms with Gasteiger partial charge in [0.1, 0.15) is 21.2 Å². The largest absolute Gasteiger partial charge is 0.511 e. The number of amides is 1. The second-order valence-electron chi connectivity index (χ2n) is 8.17. The highest BCUT2D eigenvalue weighted by Gasteiger charge is 2.54. The van der Waals surface area contributed by atoms with Gasteiger partial charge in [-0.05, 0) is 36.5 Å². The molecule has 2 aliphatic heterocycles. The minimum atomic E-state index is -4.20. The number of anilines is 1. The molecular formula is C17H20N4O6S3. The molecular weight excluding hydrogens is 452 g/mol. The van der Waals surface area contributed by atoms with Crippen molar-refractivity contribution in [2.45, 2.75) is 36.7 Å². The molecule has 2 aliphatic carbocycles. The number of nitrogens with one attached hydrogen (secondary N) is 3. The third-order valence-electron chi connectivity index (χ3n) is 6.29. The molecule has 1 aromatic heterocycles. The lowest BCUT2D eigenvalue weighted by molar-refractivity contribution is -0.119. The molecule has 2 saturated carbocycles. The van der Waals surface area contributed by atoms with Crippen LogP contribution in [0.2, 0.25) is 0 Å². The molecule has 5 rings (SSSR count). The number of sulfonamides is 2. The molecule has 10 nitrogen and oxygen atoms in total. The van der Waals surface area contributed by atoms with Crippen molar-refractivity contribution in [2.24, 2.45) is 22.2 Å². The van der Waals surface area contributed by atoms with Gasteiger partial charge in [-0.2, -0.15) is 8.42 Å². The number of carbonyl (C=O) groups is 1. The molecule has 2 bridgehead atoms. The molecule has 0 radical (unpaired) electrons. The average molecular weight is 473 g/mol. The molecule has 0 spiro atoms. The summed E-state index contributed by atoms with van der Waals surface area (Å²) >= 11 is 1.06. The zero-order valence-corrected chi connectivity index (χ0v) is 18.3. The van der Waals surface area contributed by atoms with E-state index in [1.807, 2.05) is 0 Å². The van der Waals surface area contributed by atoms with Crippen LogP contribution in [0.5, 0.6) is 0 Å². The molecule has 4 N–H and O–H groups in total. The van der Waals surface area contributed by atoms with Gasteiger partial charge in [0.15, 0.2) is 5.84 Å². The van der Waals surface area contributed by atoms with Crippen molar-refractivity contribution in [1.82, 2.24) is 10.0 Å². The first kappa shape index (κ1) is 20.0. The van der Waals surface area contributed by atoms with Gasteiger partial charge in [-0.15, -0.1) is 15.7 Å². The van der Waals surface area contributed by atoms with Crippen molar-refractivity contribution in [3.05, 3.63) is 22.3 Å². The molecule has 4 aliphatic rings. The van der Waals surface area contributed by atoms with Gasteiger partial charge >= 0.3 is 0 Å². The summed E-state index contributed by atoms with van der Waals surface area (Å²) in [4.78, 5) is 12.6. The second-order valence-corrected chi connectivity index (χ2v) is 12.4. The maximum atomic E-state index is 12.9. The van der Waals surface area contributed by atoms with Gasteiger partial charge in [-0.3, -0.25) is 4.79 Å². The number of hydrogen-bond donors (Lipinski definition) is 4. The number of nitrogens with zero attached hydrogens (tertiary/aromatic N) is 1. The Hall–Kier alpha value is -1.96. The molecule has 1 amide bonds. The summed E-state index contributed by atoms with van der Waals surface area (Å²) in [6.45, 7) is -0.197. The minimum absolute atomic E-state index is 0.101. The van der Waals surface area contributed by atoms with Gasteiger partial charge in [0.05, 0.1) is 6.26 Å². The highest BCUT2D eigenvalue weighted by molar-refractivity contribution is 7.91. The van der Waals surface area contributed by atoms with E-state index in [4.69, 9.17) is 0 Å². The van der Waals surface area contributed by atoms with Crippen LogP contribution in [0.4, 0.5) is 5.00 Å². The maximum Gasteiger partial charge on any atom is 0.287 e. The van der Waals surface area contributed by atoms with E-state index >= 15 is 0 Å². The van der Waals surface area contributed by atoms with E-state index in [0.717, 1.165) is 36.9 Å². The number of hydrogen-bond acceptors (Lipinski definition) is 8. The van der Waals surface area contributed by atoms with Crippen LogP contribution >= 0.6 is 11.3 Å². The van der Waals surface area contributed by atoms with Crippen LogP contribution in [-0.4, -0.2) is 46.0 Å². The number of carbonyl (C=O) groups excluding carboxylic acids is 1. The number of rotatable bonds is 4. The smallest absolute Gasteiger partial charge is 0.287 e. The number of amidine groups is 1. The fraction of sp³-hybridized carbons (Fsp3) is 0.529. The molecule has 3 heterocycles. The zero-order chi connectivity index (χ0) is 21.4. The van der Waals surface area contributed by atoms with Gasteiger partial charge in [0.25, 0.3) is 15.9 Å². The van der Waals surface area contributed by atoms with Gasteiger partial charge in [-0.1, -0.05) is 0 Å². The lowest BCUT2D eigenvalue weighted by Crippen LogP contribution is -2.51. The minimum Gasteiger partial charge on any atom is -0.511 e. The molecule has 0 aromatic carbocycles. The Balaban J connectivity index is 1.52. The van der Waals surface area contributed by atoms with Crippen molar-refractivity contribution in [3.8, 4) is 0 Å². The van der Waals surface area contributed by atoms with Crippen LogP contribution in [0, 0.1) is 17.8 Å². The van der Waals surface area contributed by atoms with Crippen molar-refractivity contribution in [1.29, 1.82) is 0 Å². The first-order valence-corrected chi connectivity index (χ1v) is 13.7. The SMILES string of the molecule is CS(=O)(=O)NCc1csc2c1S(=O)(=O)N=C(C1=C(O)[C@@H]3C4CCC(C4)[C@@H]3NC1=O)N2. The average Bonchev–Trinajstić information content (AvgIpc) is 3.33. The number of aliphatic hydroxyl groups is 1. The molecule has 13 heteroatoms. The van der Waals surface area contributed by atoms with E-state index < -0.39 is 26.0 Å². The Morgan fingerprint density at radius 1 is 1.33 bits per heavy atom. The summed E-state index contributed by atoms with van der Waals surface area (Å²) in [6.07, 6.45) is 3.92. The summed E-state index contributed by atoms with van der Waals surface area (Å²) in [5.74, 6) is -0.460. The predicted molar refractivity (Wildman–Crippen MR) is 110 cm³/mol. The first-order valence-electron chi connectivity index (χ1n) is 9.46. The summed E-state index contributed by atoms with van der Waals surface area (Å²) in [7, 11) is -7.71. The lowest BCUT2D eigenvalue weighted by atomic mass is 9.79. The molecule has 2 unspecified atom stereocenters. The Labute approximate surface area is 177 Å². The summed E-state index contributed by atoms with van der Waals surface area (Å²) in [5.41, 5.74) is 0.123. The topological polar surface area (TPSA) is 154 Å². The van der Waals surface area contributed by atoms with Gasteiger partial charge < -0.3 is 15.7 Å². The van der Waals surface area contributed by atoms with E-state index in [2.05, 4.69) is 19.8 Å². The van der Waals surface area contributed by atoms with Crippen LogP contribution in [0.1, 0.15) is 24.8 Å². The predicted octanol–water partition coefficient (Wildman–Crippen LogP) is 0.667. The van der Waals surface area contributed by atoms with Crippen LogP contribution in [0.15, 0.2) is 26.0 Å². The molecule has 1 aromatic rings. The van der Waals surface area contributed by atoms with Gasteiger partial charge in [0.2, 0.25) is 10.0 Å². The van der Waals surface area contributed by atoms with E-state index in [-0.39, 0.29) is 57.1 Å².